The molecule has 4 heteroatoms. The van der Waals surface area contributed by atoms with Gasteiger partial charge in [0.25, 0.3) is 0 Å². The number of thioether (sulfide) groups is 1. The highest BCUT2D eigenvalue weighted by molar-refractivity contribution is 8.00. The summed E-state index contributed by atoms with van der Waals surface area (Å²) < 4.78 is 0. The zero-order valence-electron chi connectivity index (χ0n) is 10.0. The van der Waals surface area contributed by atoms with Crippen molar-refractivity contribution >= 4 is 17.7 Å². The predicted molar refractivity (Wildman–Crippen MR) is 66.9 cm³/mol. The third-order valence-corrected chi connectivity index (χ3v) is 4.73. The number of hydrogen-bond acceptors (Lipinski definition) is 3. The Morgan fingerprint density at radius 2 is 2.12 bits per heavy atom. The van der Waals surface area contributed by atoms with Gasteiger partial charge in [0, 0.05) is 11.3 Å². The summed E-state index contributed by atoms with van der Waals surface area (Å²) in [5.74, 6) is -0.647. The molecule has 0 saturated heterocycles. The summed E-state index contributed by atoms with van der Waals surface area (Å²) >= 11 is 1.93. The molecule has 16 heavy (non-hydrogen) atoms. The van der Waals surface area contributed by atoms with Gasteiger partial charge in [0.1, 0.15) is 5.54 Å². The van der Waals surface area contributed by atoms with E-state index in [9.17, 15) is 9.90 Å². The van der Waals surface area contributed by atoms with Crippen molar-refractivity contribution in [1.82, 2.24) is 5.32 Å². The van der Waals surface area contributed by atoms with E-state index in [4.69, 9.17) is 0 Å². The molecule has 0 bridgehead atoms. The molecule has 2 atom stereocenters. The first-order valence-corrected chi connectivity index (χ1v) is 7.13. The third kappa shape index (κ3) is 2.72. The molecule has 0 amide bonds. The van der Waals surface area contributed by atoms with Gasteiger partial charge in [-0.15, -0.1) is 0 Å². The molecule has 0 aromatic heterocycles. The molecule has 2 N–H and O–H groups in total. The lowest BCUT2D eigenvalue weighted by Crippen LogP contribution is -2.51. The van der Waals surface area contributed by atoms with E-state index in [1.54, 1.807) is 0 Å². The first kappa shape index (κ1) is 12.2. The zero-order chi connectivity index (χ0) is 11.8. The molecular formula is C12H21NO2S. The van der Waals surface area contributed by atoms with Crippen molar-refractivity contribution in [2.24, 2.45) is 0 Å². The maximum atomic E-state index is 11.4. The van der Waals surface area contributed by atoms with Gasteiger partial charge in [0.2, 0.25) is 0 Å². The minimum Gasteiger partial charge on any atom is -0.480 e. The lowest BCUT2D eigenvalue weighted by molar-refractivity contribution is -0.144. The number of aliphatic carboxylic acids is 1. The van der Waals surface area contributed by atoms with E-state index in [-0.39, 0.29) is 0 Å². The van der Waals surface area contributed by atoms with Crippen molar-refractivity contribution in [3.05, 3.63) is 0 Å². The van der Waals surface area contributed by atoms with Gasteiger partial charge in [-0.3, -0.25) is 10.1 Å². The van der Waals surface area contributed by atoms with Gasteiger partial charge in [0.15, 0.2) is 0 Å². The molecule has 2 unspecified atom stereocenters. The highest BCUT2D eigenvalue weighted by Gasteiger charge is 2.48. The first-order chi connectivity index (χ1) is 7.52. The van der Waals surface area contributed by atoms with Crippen LogP contribution in [-0.4, -0.2) is 33.2 Å². The number of rotatable bonds is 5. The fourth-order valence-electron chi connectivity index (χ4n) is 2.51. The lowest BCUT2D eigenvalue weighted by Gasteiger charge is -2.26. The van der Waals surface area contributed by atoms with Crippen molar-refractivity contribution in [3.63, 3.8) is 0 Å². The van der Waals surface area contributed by atoms with E-state index in [1.165, 1.54) is 0 Å². The molecule has 92 valence electrons. The molecule has 0 aliphatic heterocycles. The number of hydrogen-bond donors (Lipinski definition) is 2. The van der Waals surface area contributed by atoms with E-state index >= 15 is 0 Å². The summed E-state index contributed by atoms with van der Waals surface area (Å²) in [6.07, 6.45) is 4.92. The van der Waals surface area contributed by atoms with Crippen molar-refractivity contribution in [2.45, 2.75) is 68.0 Å². The van der Waals surface area contributed by atoms with Crippen molar-refractivity contribution in [2.75, 3.05) is 0 Å². The molecule has 3 nitrogen and oxygen atoms in total. The Morgan fingerprint density at radius 3 is 2.62 bits per heavy atom. The van der Waals surface area contributed by atoms with Crippen LogP contribution >= 0.6 is 11.8 Å². The maximum absolute atomic E-state index is 11.4. The molecule has 0 spiro atoms. The first-order valence-electron chi connectivity index (χ1n) is 6.18. The highest BCUT2D eigenvalue weighted by atomic mass is 32.2. The molecule has 0 radical (unpaired) electrons. The predicted octanol–water partition coefficient (Wildman–Crippen LogP) is 2.26. The molecule has 0 heterocycles. The molecule has 2 fully saturated rings. The smallest absolute Gasteiger partial charge is 0.323 e. The summed E-state index contributed by atoms with van der Waals surface area (Å²) in [4.78, 5) is 11.4. The van der Waals surface area contributed by atoms with Crippen LogP contribution in [0.5, 0.6) is 0 Å². The van der Waals surface area contributed by atoms with Gasteiger partial charge >= 0.3 is 5.97 Å². The second-order valence-corrected chi connectivity index (χ2v) is 7.24. The van der Waals surface area contributed by atoms with Crippen molar-refractivity contribution < 1.29 is 9.90 Å². The maximum Gasteiger partial charge on any atom is 0.323 e. The normalized spacial score (nSPS) is 34.6. The van der Waals surface area contributed by atoms with Crippen LogP contribution in [-0.2, 0) is 4.79 Å². The van der Waals surface area contributed by atoms with Crippen molar-refractivity contribution in [1.29, 1.82) is 0 Å². The Balaban J connectivity index is 1.96. The largest absolute Gasteiger partial charge is 0.480 e. The van der Waals surface area contributed by atoms with Gasteiger partial charge in [-0.2, -0.15) is 11.8 Å². The fraction of sp³-hybridized carbons (Fsp3) is 0.917. The molecule has 0 aromatic rings. The van der Waals surface area contributed by atoms with Crippen LogP contribution in [0, 0.1) is 0 Å². The summed E-state index contributed by atoms with van der Waals surface area (Å²) in [7, 11) is 0. The van der Waals surface area contributed by atoms with Gasteiger partial charge < -0.3 is 5.11 Å². The Kier molecular flexibility index (Phi) is 3.50. The van der Waals surface area contributed by atoms with Crippen LogP contribution in [0.25, 0.3) is 0 Å². The fourth-order valence-corrected chi connectivity index (χ4v) is 3.91. The van der Waals surface area contributed by atoms with Crippen LogP contribution in [0.2, 0.25) is 0 Å². The van der Waals surface area contributed by atoms with E-state index in [1.807, 2.05) is 11.8 Å². The van der Waals surface area contributed by atoms with Gasteiger partial charge in [-0.05, 0) is 37.4 Å². The lowest BCUT2D eigenvalue weighted by atomic mass is 9.98. The van der Waals surface area contributed by atoms with E-state index < -0.39 is 11.5 Å². The average Bonchev–Trinajstić information content (AvgIpc) is 2.87. The molecule has 2 aliphatic carbocycles. The molecule has 0 aromatic carbocycles. The average molecular weight is 243 g/mol. The Labute approximate surface area is 101 Å². The second kappa shape index (κ2) is 4.57. The Hall–Kier alpha value is -0.220. The van der Waals surface area contributed by atoms with Gasteiger partial charge in [0.05, 0.1) is 0 Å². The van der Waals surface area contributed by atoms with E-state index in [0.29, 0.717) is 16.5 Å². The quantitative estimate of drug-likeness (QED) is 0.777. The molecule has 2 aliphatic rings. The number of carbonyl (C=O) groups is 1. The molecule has 2 saturated carbocycles. The van der Waals surface area contributed by atoms with Crippen LogP contribution in [0.1, 0.15) is 46.0 Å². The zero-order valence-corrected chi connectivity index (χ0v) is 10.8. The van der Waals surface area contributed by atoms with Crippen molar-refractivity contribution in [3.8, 4) is 0 Å². The molecular weight excluding hydrogens is 222 g/mol. The summed E-state index contributed by atoms with van der Waals surface area (Å²) in [5.41, 5.74) is -0.617. The second-order valence-electron chi connectivity index (χ2n) is 5.36. The Bertz CT molecular complexity index is 278. The Morgan fingerprint density at radius 1 is 1.44 bits per heavy atom. The van der Waals surface area contributed by atoms with Gasteiger partial charge in [-0.1, -0.05) is 13.8 Å². The van der Waals surface area contributed by atoms with Crippen LogP contribution < -0.4 is 5.32 Å². The van der Waals surface area contributed by atoms with Crippen LogP contribution in [0.4, 0.5) is 0 Å². The summed E-state index contributed by atoms with van der Waals surface area (Å²) in [6.45, 7) is 4.36. The van der Waals surface area contributed by atoms with E-state index in [0.717, 1.165) is 32.1 Å². The van der Waals surface area contributed by atoms with Crippen LogP contribution in [0.3, 0.4) is 0 Å². The number of carboxylic acids is 1. The van der Waals surface area contributed by atoms with Crippen LogP contribution in [0.15, 0.2) is 0 Å². The topological polar surface area (TPSA) is 49.3 Å². The standard InChI is InChI=1S/C12H21NO2S/c1-8(2)16-10-5-6-12(7-10,11(14)15)13-9-3-4-9/h8-10,13H,3-7H2,1-2H3,(H,14,15). The number of carboxylic acid groups (broad SMARTS) is 1. The minimum atomic E-state index is -0.647. The minimum absolute atomic E-state index is 0.471. The third-order valence-electron chi connectivity index (χ3n) is 3.40. The highest BCUT2D eigenvalue weighted by Crippen LogP contribution is 2.40. The summed E-state index contributed by atoms with van der Waals surface area (Å²) in [5, 5.41) is 13.9. The van der Waals surface area contributed by atoms with Gasteiger partial charge in [-0.25, -0.2) is 0 Å². The number of nitrogens with one attached hydrogen (secondary N) is 1. The summed E-state index contributed by atoms with van der Waals surface area (Å²) in [6, 6.07) is 0.471. The monoisotopic (exact) mass is 243 g/mol. The molecule has 2 rings (SSSR count). The SMILES string of the molecule is CC(C)SC1CCC(NC2CC2)(C(=O)O)C1. The van der Waals surface area contributed by atoms with E-state index in [2.05, 4.69) is 19.2 Å².